The van der Waals surface area contributed by atoms with E-state index >= 15 is 0 Å². The third kappa shape index (κ3) is 1.86. The van der Waals surface area contributed by atoms with Gasteiger partial charge in [0.1, 0.15) is 0 Å². The molecule has 1 heterocycles. The van der Waals surface area contributed by atoms with Crippen LogP contribution >= 0.6 is 49.9 Å². The lowest BCUT2D eigenvalue weighted by Gasteiger charge is -2.01. The van der Waals surface area contributed by atoms with Gasteiger partial charge in [-0.25, -0.2) is 0 Å². The van der Waals surface area contributed by atoms with E-state index in [2.05, 4.69) is 63.0 Å². The first-order valence-electron chi connectivity index (χ1n) is 4.50. The molecule has 0 aliphatic carbocycles. The molecule has 3 heteroatoms. The van der Waals surface area contributed by atoms with Crippen LogP contribution in [0, 0.1) is 3.57 Å². The van der Waals surface area contributed by atoms with Gasteiger partial charge in [0.05, 0.1) is 0 Å². The van der Waals surface area contributed by atoms with Gasteiger partial charge in [0.2, 0.25) is 0 Å². The van der Waals surface area contributed by atoms with Crippen molar-refractivity contribution in [2.45, 2.75) is 18.7 Å². The van der Waals surface area contributed by atoms with Crippen molar-refractivity contribution < 1.29 is 0 Å². The molecule has 0 spiro atoms. The highest BCUT2D eigenvalue weighted by Gasteiger charge is 2.07. The summed E-state index contributed by atoms with van der Waals surface area (Å²) >= 11 is 7.79. The van der Waals surface area contributed by atoms with Crippen LogP contribution in [0.15, 0.2) is 17.5 Å². The molecule has 0 aliphatic rings. The summed E-state index contributed by atoms with van der Waals surface area (Å²) in [6, 6.07) is 4.57. The molecule has 14 heavy (non-hydrogen) atoms. The van der Waals surface area contributed by atoms with Gasteiger partial charge in [0.15, 0.2) is 0 Å². The smallest absolute Gasteiger partial charge is 0.0378 e. The largest absolute Gasteiger partial charge is 0.143 e. The molecule has 0 amide bonds. The van der Waals surface area contributed by atoms with Gasteiger partial charge in [-0.2, -0.15) is 0 Å². The molecule has 0 saturated heterocycles. The van der Waals surface area contributed by atoms with Crippen LogP contribution in [0.1, 0.15) is 18.1 Å². The van der Waals surface area contributed by atoms with Gasteiger partial charge in [0.25, 0.3) is 0 Å². The van der Waals surface area contributed by atoms with E-state index < -0.39 is 0 Å². The Hall–Kier alpha value is 0.390. The molecule has 0 N–H and O–H groups in total. The molecular formula is C11H10BrIS. The SMILES string of the molecule is CCc1cc(I)cc2c(CBr)csc12. The van der Waals surface area contributed by atoms with Gasteiger partial charge in [-0.1, -0.05) is 22.9 Å². The van der Waals surface area contributed by atoms with Crippen LogP contribution in [0.3, 0.4) is 0 Å². The topological polar surface area (TPSA) is 0 Å². The Morgan fingerprint density at radius 2 is 2.14 bits per heavy atom. The summed E-state index contributed by atoms with van der Waals surface area (Å²) in [6.07, 6.45) is 1.12. The van der Waals surface area contributed by atoms with Crippen LogP contribution in [-0.2, 0) is 11.8 Å². The fourth-order valence-electron chi connectivity index (χ4n) is 1.59. The highest BCUT2D eigenvalue weighted by Crippen LogP contribution is 2.32. The fourth-order valence-corrected chi connectivity index (χ4v) is 4.09. The Bertz CT molecular complexity index is 462. The fraction of sp³-hybridized carbons (Fsp3) is 0.273. The van der Waals surface area contributed by atoms with Gasteiger partial charge in [-0.15, -0.1) is 11.3 Å². The predicted octanol–water partition coefficient (Wildman–Crippen LogP) is 4.96. The van der Waals surface area contributed by atoms with Crippen LogP contribution in [0.5, 0.6) is 0 Å². The van der Waals surface area contributed by atoms with E-state index in [0.717, 1.165) is 11.8 Å². The summed E-state index contributed by atoms with van der Waals surface area (Å²) in [4.78, 5) is 0. The summed E-state index contributed by atoms with van der Waals surface area (Å²) in [7, 11) is 0. The standard InChI is InChI=1S/C11H10BrIS/c1-2-7-3-9(13)4-10-8(5-12)6-14-11(7)10/h3-4,6H,2,5H2,1H3. The van der Waals surface area contributed by atoms with Crippen LogP contribution in [0.4, 0.5) is 0 Å². The van der Waals surface area contributed by atoms with E-state index in [9.17, 15) is 0 Å². The van der Waals surface area contributed by atoms with E-state index in [1.807, 2.05) is 11.3 Å². The second kappa shape index (κ2) is 4.49. The second-order valence-electron chi connectivity index (χ2n) is 3.19. The van der Waals surface area contributed by atoms with Crippen molar-refractivity contribution in [1.29, 1.82) is 0 Å². The first-order chi connectivity index (χ1) is 6.76. The third-order valence-corrected chi connectivity index (χ3v) is 4.67. The van der Waals surface area contributed by atoms with Gasteiger partial charge >= 0.3 is 0 Å². The summed E-state index contributed by atoms with van der Waals surface area (Å²) in [5, 5.41) is 4.64. The number of thiophene rings is 1. The molecule has 1 aromatic heterocycles. The van der Waals surface area contributed by atoms with E-state index in [-0.39, 0.29) is 0 Å². The van der Waals surface area contributed by atoms with Gasteiger partial charge < -0.3 is 0 Å². The number of halogens is 2. The lowest BCUT2D eigenvalue weighted by atomic mass is 10.1. The summed E-state index contributed by atoms with van der Waals surface area (Å²) in [5.41, 5.74) is 2.89. The number of hydrogen-bond acceptors (Lipinski definition) is 1. The average molecular weight is 381 g/mol. The van der Waals surface area contributed by atoms with E-state index in [1.54, 1.807) is 0 Å². The lowest BCUT2D eigenvalue weighted by molar-refractivity contribution is 1.16. The van der Waals surface area contributed by atoms with Crippen LogP contribution in [0.25, 0.3) is 10.1 Å². The van der Waals surface area contributed by atoms with Crippen molar-refractivity contribution in [3.05, 3.63) is 32.2 Å². The molecule has 0 saturated carbocycles. The van der Waals surface area contributed by atoms with Crippen molar-refractivity contribution in [1.82, 2.24) is 0 Å². The molecule has 0 fully saturated rings. The zero-order valence-corrected chi connectivity index (χ0v) is 12.4. The zero-order valence-electron chi connectivity index (χ0n) is 7.81. The van der Waals surface area contributed by atoms with Crippen molar-refractivity contribution in [2.24, 2.45) is 0 Å². The summed E-state index contributed by atoms with van der Waals surface area (Å²) in [6.45, 7) is 2.22. The quantitative estimate of drug-likeness (QED) is 0.510. The minimum atomic E-state index is 0.955. The molecule has 2 rings (SSSR count). The highest BCUT2D eigenvalue weighted by atomic mass is 127. The van der Waals surface area contributed by atoms with Crippen molar-refractivity contribution in [3.8, 4) is 0 Å². The number of aryl methyl sites for hydroxylation is 1. The molecule has 74 valence electrons. The Morgan fingerprint density at radius 1 is 1.36 bits per heavy atom. The highest BCUT2D eigenvalue weighted by molar-refractivity contribution is 14.1. The van der Waals surface area contributed by atoms with Crippen LogP contribution < -0.4 is 0 Å². The second-order valence-corrected chi connectivity index (χ2v) is 5.88. The Balaban J connectivity index is 2.76. The molecule has 0 radical (unpaired) electrons. The number of benzene rings is 1. The minimum Gasteiger partial charge on any atom is -0.143 e. The van der Waals surface area contributed by atoms with Crippen LogP contribution in [0.2, 0.25) is 0 Å². The maximum atomic E-state index is 3.53. The maximum Gasteiger partial charge on any atom is 0.0378 e. The lowest BCUT2D eigenvalue weighted by Crippen LogP contribution is -1.83. The first-order valence-corrected chi connectivity index (χ1v) is 7.58. The molecule has 1 aromatic carbocycles. The Kier molecular flexibility index (Phi) is 3.50. The number of fused-ring (bicyclic) bond motifs is 1. The van der Waals surface area contributed by atoms with Gasteiger partial charge in [-0.3, -0.25) is 0 Å². The zero-order chi connectivity index (χ0) is 10.1. The molecule has 2 aromatic rings. The number of alkyl halides is 1. The molecule has 0 atom stereocenters. The molecule has 0 unspecified atom stereocenters. The minimum absolute atomic E-state index is 0.955. The normalized spacial score (nSPS) is 11.1. The predicted molar refractivity (Wildman–Crippen MR) is 76.6 cm³/mol. The Labute approximate surface area is 110 Å². The monoisotopic (exact) mass is 380 g/mol. The molecular weight excluding hydrogens is 371 g/mol. The Morgan fingerprint density at radius 3 is 2.79 bits per heavy atom. The third-order valence-electron chi connectivity index (χ3n) is 2.32. The maximum absolute atomic E-state index is 3.53. The number of hydrogen-bond donors (Lipinski definition) is 0. The summed E-state index contributed by atoms with van der Waals surface area (Å²) in [5.74, 6) is 0. The molecule has 0 nitrogen and oxygen atoms in total. The van der Waals surface area contributed by atoms with E-state index in [0.29, 0.717) is 0 Å². The average Bonchev–Trinajstić information content (AvgIpc) is 2.59. The van der Waals surface area contributed by atoms with Gasteiger partial charge in [-0.05, 0) is 63.0 Å². The summed E-state index contributed by atoms with van der Waals surface area (Å²) < 4.78 is 2.80. The van der Waals surface area contributed by atoms with E-state index in [4.69, 9.17) is 0 Å². The van der Waals surface area contributed by atoms with Crippen LogP contribution in [-0.4, -0.2) is 0 Å². The first kappa shape index (κ1) is 10.9. The van der Waals surface area contributed by atoms with Crippen molar-refractivity contribution in [2.75, 3.05) is 0 Å². The molecule has 0 aliphatic heterocycles. The van der Waals surface area contributed by atoms with Crippen molar-refractivity contribution in [3.63, 3.8) is 0 Å². The van der Waals surface area contributed by atoms with Gasteiger partial charge in [0, 0.05) is 13.6 Å². The molecule has 0 bridgehead atoms. The van der Waals surface area contributed by atoms with E-state index in [1.165, 1.54) is 24.8 Å². The van der Waals surface area contributed by atoms with Crippen molar-refractivity contribution >= 4 is 59.9 Å². The number of rotatable bonds is 2.